The zero-order chi connectivity index (χ0) is 19.1. The van der Waals surface area contributed by atoms with Gasteiger partial charge in [0.25, 0.3) is 5.22 Å². The second-order valence-electron chi connectivity index (χ2n) is 5.45. The van der Waals surface area contributed by atoms with Gasteiger partial charge in [0.2, 0.25) is 5.89 Å². The molecule has 0 aliphatic heterocycles. The summed E-state index contributed by atoms with van der Waals surface area (Å²) in [6.45, 7) is 0.523. The highest BCUT2D eigenvalue weighted by molar-refractivity contribution is 7.99. The number of nitrogens with zero attached hydrogens (tertiary/aromatic N) is 2. The molecule has 0 unspecified atom stereocenters. The number of hydrogen-bond donors (Lipinski definition) is 0. The lowest BCUT2D eigenvalue weighted by Gasteiger charge is -2.07. The second-order valence-corrected chi connectivity index (χ2v) is 6.49. The lowest BCUT2D eigenvalue weighted by Crippen LogP contribution is -1.98. The third kappa shape index (κ3) is 5.13. The third-order valence-electron chi connectivity index (χ3n) is 3.63. The molecule has 0 N–H and O–H groups in total. The fourth-order valence-electron chi connectivity index (χ4n) is 2.29. The van der Waals surface area contributed by atoms with Crippen LogP contribution in [0.1, 0.15) is 6.42 Å². The molecular formula is C19H19FN2O4S. The lowest BCUT2D eigenvalue weighted by atomic mass is 10.2. The lowest BCUT2D eigenvalue weighted by molar-refractivity contribution is 0.318. The number of ether oxygens (including phenoxy) is 3. The Morgan fingerprint density at radius 1 is 1.00 bits per heavy atom. The summed E-state index contributed by atoms with van der Waals surface area (Å²) in [5, 5.41) is 8.61. The Bertz CT molecular complexity index is 870. The van der Waals surface area contributed by atoms with Crippen molar-refractivity contribution >= 4 is 11.8 Å². The standard InChI is InChI=1S/C19H19FN2O4S/c1-23-16-9-4-13(12-17(16)24-2)18-21-22-19(26-18)27-11-3-10-25-15-7-5-14(20)6-8-15/h4-9,12H,3,10-11H2,1-2H3. The van der Waals surface area contributed by atoms with Crippen molar-refractivity contribution in [2.75, 3.05) is 26.6 Å². The molecule has 27 heavy (non-hydrogen) atoms. The Labute approximate surface area is 160 Å². The Balaban J connectivity index is 1.49. The van der Waals surface area contributed by atoms with Crippen LogP contribution in [0.2, 0.25) is 0 Å². The third-order valence-corrected chi connectivity index (χ3v) is 4.54. The molecule has 0 radical (unpaired) electrons. The Morgan fingerprint density at radius 3 is 2.52 bits per heavy atom. The maximum atomic E-state index is 12.8. The number of rotatable bonds is 9. The van der Waals surface area contributed by atoms with Crippen molar-refractivity contribution in [3.05, 3.63) is 48.3 Å². The van der Waals surface area contributed by atoms with E-state index in [2.05, 4.69) is 10.2 Å². The van der Waals surface area contributed by atoms with Crippen molar-refractivity contribution in [3.8, 4) is 28.7 Å². The molecule has 1 aromatic heterocycles. The number of thioether (sulfide) groups is 1. The van der Waals surface area contributed by atoms with E-state index in [9.17, 15) is 4.39 Å². The second kappa shape index (κ2) is 9.27. The van der Waals surface area contributed by atoms with Gasteiger partial charge in [-0.2, -0.15) is 0 Å². The van der Waals surface area contributed by atoms with Crippen molar-refractivity contribution in [1.29, 1.82) is 0 Å². The van der Waals surface area contributed by atoms with Gasteiger partial charge in [-0.25, -0.2) is 4.39 Å². The number of methoxy groups -OCH3 is 2. The van der Waals surface area contributed by atoms with Crippen LogP contribution in [-0.2, 0) is 0 Å². The molecule has 0 fully saturated rings. The van der Waals surface area contributed by atoms with Gasteiger partial charge in [0.1, 0.15) is 11.6 Å². The van der Waals surface area contributed by atoms with Crippen LogP contribution >= 0.6 is 11.8 Å². The summed E-state index contributed by atoms with van der Waals surface area (Å²) < 4.78 is 34.6. The summed E-state index contributed by atoms with van der Waals surface area (Å²) in [5.41, 5.74) is 0.756. The highest BCUT2D eigenvalue weighted by atomic mass is 32.2. The molecule has 0 atom stereocenters. The predicted molar refractivity (Wildman–Crippen MR) is 100 cm³/mol. The summed E-state index contributed by atoms with van der Waals surface area (Å²) in [5.74, 6) is 2.78. The molecule has 6 nitrogen and oxygen atoms in total. The van der Waals surface area contributed by atoms with Gasteiger partial charge in [0.15, 0.2) is 11.5 Å². The van der Waals surface area contributed by atoms with Crippen LogP contribution in [0.3, 0.4) is 0 Å². The molecule has 0 aliphatic carbocycles. The van der Waals surface area contributed by atoms with Crippen molar-refractivity contribution < 1.29 is 23.0 Å². The van der Waals surface area contributed by atoms with Gasteiger partial charge >= 0.3 is 0 Å². The molecule has 0 spiro atoms. The van der Waals surface area contributed by atoms with Crippen molar-refractivity contribution in [2.45, 2.75) is 11.6 Å². The van der Waals surface area contributed by atoms with Crippen LogP contribution in [0.4, 0.5) is 4.39 Å². The summed E-state index contributed by atoms with van der Waals surface area (Å²) >= 11 is 1.45. The average Bonchev–Trinajstić information content (AvgIpc) is 3.17. The van der Waals surface area contributed by atoms with Crippen molar-refractivity contribution in [2.24, 2.45) is 0 Å². The molecule has 142 valence electrons. The van der Waals surface area contributed by atoms with Gasteiger partial charge in [-0.15, -0.1) is 10.2 Å². The van der Waals surface area contributed by atoms with Crippen molar-refractivity contribution in [1.82, 2.24) is 10.2 Å². The first-order chi connectivity index (χ1) is 13.2. The van der Waals surface area contributed by atoms with Crippen LogP contribution in [0, 0.1) is 5.82 Å². The van der Waals surface area contributed by atoms with E-state index in [1.165, 1.54) is 23.9 Å². The van der Waals surface area contributed by atoms with E-state index in [0.29, 0.717) is 35.0 Å². The van der Waals surface area contributed by atoms with Crippen LogP contribution < -0.4 is 14.2 Å². The quantitative estimate of drug-likeness (QED) is 0.395. The number of aromatic nitrogens is 2. The highest BCUT2D eigenvalue weighted by Crippen LogP contribution is 2.32. The molecule has 8 heteroatoms. The smallest absolute Gasteiger partial charge is 0.276 e. The number of benzene rings is 2. The number of halogens is 1. The zero-order valence-corrected chi connectivity index (χ0v) is 15.8. The monoisotopic (exact) mass is 390 g/mol. The van der Waals surface area contributed by atoms with E-state index in [0.717, 1.165) is 17.7 Å². The van der Waals surface area contributed by atoms with Gasteiger partial charge < -0.3 is 18.6 Å². The Hall–Kier alpha value is -2.74. The molecule has 0 saturated carbocycles. The molecular weight excluding hydrogens is 371 g/mol. The average molecular weight is 390 g/mol. The maximum absolute atomic E-state index is 12.8. The minimum absolute atomic E-state index is 0.278. The minimum Gasteiger partial charge on any atom is -0.494 e. The topological polar surface area (TPSA) is 66.6 Å². The van der Waals surface area contributed by atoms with Gasteiger partial charge in [-0.3, -0.25) is 0 Å². The van der Waals surface area contributed by atoms with Gasteiger partial charge in [0, 0.05) is 11.3 Å². The molecule has 3 rings (SSSR count). The molecule has 0 aliphatic rings. The largest absolute Gasteiger partial charge is 0.494 e. The number of hydrogen-bond acceptors (Lipinski definition) is 7. The van der Waals surface area contributed by atoms with Crippen LogP contribution in [0.25, 0.3) is 11.5 Å². The molecule has 0 saturated heterocycles. The van der Waals surface area contributed by atoms with Crippen LogP contribution in [0.5, 0.6) is 17.2 Å². The Morgan fingerprint density at radius 2 is 1.78 bits per heavy atom. The first-order valence-corrected chi connectivity index (χ1v) is 9.25. The zero-order valence-electron chi connectivity index (χ0n) is 15.0. The highest BCUT2D eigenvalue weighted by Gasteiger charge is 2.12. The molecule has 1 heterocycles. The first kappa shape index (κ1) is 19.0. The maximum Gasteiger partial charge on any atom is 0.276 e. The van der Waals surface area contributed by atoms with E-state index in [1.54, 1.807) is 38.5 Å². The van der Waals surface area contributed by atoms with Crippen LogP contribution in [0.15, 0.2) is 52.1 Å². The molecule has 3 aromatic rings. The van der Waals surface area contributed by atoms with Crippen molar-refractivity contribution in [3.63, 3.8) is 0 Å². The molecule has 0 amide bonds. The van der Waals surface area contributed by atoms with Gasteiger partial charge in [0.05, 0.1) is 20.8 Å². The van der Waals surface area contributed by atoms with E-state index < -0.39 is 0 Å². The fraction of sp³-hybridized carbons (Fsp3) is 0.263. The SMILES string of the molecule is COc1ccc(-c2nnc(SCCCOc3ccc(F)cc3)o2)cc1OC. The molecule has 0 bridgehead atoms. The van der Waals surface area contributed by atoms with E-state index >= 15 is 0 Å². The molecule has 2 aromatic carbocycles. The summed E-state index contributed by atoms with van der Waals surface area (Å²) in [4.78, 5) is 0. The van der Waals surface area contributed by atoms with E-state index in [-0.39, 0.29) is 5.82 Å². The van der Waals surface area contributed by atoms with Gasteiger partial charge in [-0.05, 0) is 48.9 Å². The fourth-order valence-corrected chi connectivity index (χ4v) is 2.97. The summed E-state index contributed by atoms with van der Waals surface area (Å²) in [6, 6.07) is 11.4. The Kier molecular flexibility index (Phi) is 6.54. The normalized spacial score (nSPS) is 10.6. The van der Waals surface area contributed by atoms with E-state index in [1.807, 2.05) is 6.07 Å². The van der Waals surface area contributed by atoms with Gasteiger partial charge in [-0.1, -0.05) is 11.8 Å². The van der Waals surface area contributed by atoms with E-state index in [4.69, 9.17) is 18.6 Å². The summed E-state index contributed by atoms with van der Waals surface area (Å²) in [7, 11) is 3.16. The minimum atomic E-state index is -0.278. The predicted octanol–water partition coefficient (Wildman–Crippen LogP) is 4.45. The summed E-state index contributed by atoms with van der Waals surface area (Å²) in [6.07, 6.45) is 0.788. The first-order valence-electron chi connectivity index (χ1n) is 8.26. The van der Waals surface area contributed by atoms with Crippen LogP contribution in [-0.4, -0.2) is 36.8 Å².